The maximum Gasteiger partial charge on any atom is 0.233 e. The summed E-state index contributed by atoms with van der Waals surface area (Å²) in [5.41, 5.74) is 23.9. The largest absolute Gasteiger partial charge is 0.493 e. The molecule has 0 radical (unpaired) electrons. The lowest BCUT2D eigenvalue weighted by atomic mass is 9.90. The summed E-state index contributed by atoms with van der Waals surface area (Å²) in [7, 11) is 0. The van der Waals surface area contributed by atoms with Gasteiger partial charge in [0.2, 0.25) is 17.8 Å². The molecular weight excluding hydrogens is 775 g/mol. The van der Waals surface area contributed by atoms with Crippen molar-refractivity contribution in [1.82, 2.24) is 15.0 Å². The molecule has 6 N–H and O–H groups in total. The Kier molecular flexibility index (Phi) is 14.7. The molecule has 11 nitrogen and oxygen atoms in total. The van der Waals surface area contributed by atoms with Gasteiger partial charge in [-0.1, -0.05) is 94.4 Å². The van der Waals surface area contributed by atoms with Gasteiger partial charge in [-0.2, -0.15) is 15.0 Å². The highest BCUT2D eigenvalue weighted by molar-refractivity contribution is 5.65. The van der Waals surface area contributed by atoms with Crippen LogP contribution in [0.1, 0.15) is 116 Å². The van der Waals surface area contributed by atoms with Crippen molar-refractivity contribution in [3.05, 3.63) is 141 Å². The molecule has 7 rings (SSSR count). The predicted molar refractivity (Wildman–Crippen MR) is 251 cm³/mol. The van der Waals surface area contributed by atoms with Crippen molar-refractivity contribution in [3.63, 3.8) is 0 Å². The zero-order valence-corrected chi connectivity index (χ0v) is 36.9. The molecule has 0 aliphatic heterocycles. The fourth-order valence-corrected chi connectivity index (χ4v) is 8.01. The number of nitrogen functional groups attached to an aromatic ring is 2. The first-order valence-electron chi connectivity index (χ1n) is 22.2. The number of nitrogens with two attached hydrogens (primary N) is 2. The number of nitrogens with zero attached hydrogens (tertiary/aromatic N) is 3. The number of rotatable bonds is 17. The van der Waals surface area contributed by atoms with Gasteiger partial charge in [0.1, 0.15) is 23.0 Å². The predicted octanol–water partition coefficient (Wildman–Crippen LogP) is 10.8. The smallest absolute Gasteiger partial charge is 0.233 e. The molecule has 0 saturated carbocycles. The Labute approximate surface area is 366 Å². The van der Waals surface area contributed by atoms with Crippen molar-refractivity contribution < 1.29 is 18.9 Å². The third kappa shape index (κ3) is 10.7. The molecule has 1 heterocycles. The maximum atomic E-state index is 6.77. The van der Waals surface area contributed by atoms with Gasteiger partial charge in [0.05, 0.1) is 32.5 Å². The van der Waals surface area contributed by atoms with Crippen molar-refractivity contribution in [3.8, 4) is 23.0 Å². The number of aromatic nitrogens is 3. The van der Waals surface area contributed by atoms with Gasteiger partial charge in [0.15, 0.2) is 0 Å². The molecule has 1 atom stereocenters. The minimum absolute atomic E-state index is 0.0600. The number of fused-ring (bicyclic) bond motifs is 8. The molecule has 1 aliphatic rings. The van der Waals surface area contributed by atoms with E-state index in [1.54, 1.807) is 0 Å². The molecule has 0 spiro atoms. The van der Waals surface area contributed by atoms with E-state index in [9.17, 15) is 0 Å². The zero-order chi connectivity index (χ0) is 43.4. The summed E-state index contributed by atoms with van der Waals surface area (Å²) in [5, 5.41) is 6.90. The molecule has 62 heavy (non-hydrogen) atoms. The van der Waals surface area contributed by atoms with Crippen molar-refractivity contribution in [2.45, 2.75) is 92.0 Å². The Balaban J connectivity index is 1.41. The van der Waals surface area contributed by atoms with Crippen LogP contribution in [0.4, 0.5) is 29.2 Å². The summed E-state index contributed by atoms with van der Waals surface area (Å²) in [5.74, 6) is 4.24. The van der Waals surface area contributed by atoms with Crippen LogP contribution in [0.5, 0.6) is 23.0 Å². The van der Waals surface area contributed by atoms with Crippen LogP contribution >= 0.6 is 0 Å². The Bertz CT molecular complexity index is 2340. The number of benzene rings is 5. The van der Waals surface area contributed by atoms with Gasteiger partial charge in [0.25, 0.3) is 0 Å². The molecular formula is C51H61N7O4. The lowest BCUT2D eigenvalue weighted by Gasteiger charge is -2.23. The topological polar surface area (TPSA) is 152 Å². The summed E-state index contributed by atoms with van der Waals surface area (Å²) in [4.78, 5) is 13.7. The molecule has 0 saturated heterocycles. The van der Waals surface area contributed by atoms with Crippen LogP contribution in [0.3, 0.4) is 0 Å². The first kappa shape index (κ1) is 43.6. The third-order valence-corrected chi connectivity index (χ3v) is 10.7. The average Bonchev–Trinajstić information content (AvgIpc) is 3.25. The lowest BCUT2D eigenvalue weighted by Crippen LogP contribution is -2.13. The van der Waals surface area contributed by atoms with Crippen LogP contribution in [0.25, 0.3) is 0 Å². The Hall–Kier alpha value is -6.49. The second-order valence-electron chi connectivity index (χ2n) is 15.9. The van der Waals surface area contributed by atoms with Crippen LogP contribution in [0.2, 0.25) is 0 Å². The molecule has 0 amide bonds. The number of hydrogen-bond acceptors (Lipinski definition) is 11. The van der Waals surface area contributed by atoms with E-state index in [0.717, 1.165) is 104 Å². The molecule has 8 bridgehead atoms. The summed E-state index contributed by atoms with van der Waals surface area (Å²) in [6.45, 7) is 12.9. The molecule has 6 aromatic rings. The highest BCUT2D eigenvalue weighted by Crippen LogP contribution is 2.41. The number of para-hydroxylation sites is 2. The minimum atomic E-state index is -0.0600. The molecule has 1 aromatic heterocycles. The van der Waals surface area contributed by atoms with Gasteiger partial charge in [-0.3, -0.25) is 0 Å². The SMILES string of the molecule is CCCOc1c2cccc1Cc1cc(Nc3nc(N)nc(N[C@@H](C)c4ccccc4)n3)cc(c1OCCC)Cc1cccc(c1OCCC)Cc1cc(N)cc(c1OCCC)C2. The van der Waals surface area contributed by atoms with Crippen molar-refractivity contribution in [2.75, 3.05) is 48.5 Å². The molecule has 11 heteroatoms. The van der Waals surface area contributed by atoms with E-state index in [2.05, 4.69) is 116 Å². The van der Waals surface area contributed by atoms with Crippen LogP contribution in [0.15, 0.2) is 91.0 Å². The monoisotopic (exact) mass is 835 g/mol. The fraction of sp³-hybridized carbons (Fsp3) is 0.353. The standard InChI is InChI=1S/C51H61N7O4/c1-6-21-59-45-35-17-13-19-37(45)27-41-31-44(55-51-57-49(53)56-50(58-51)54-33(5)34-15-11-10-12-16-34)32-42(48(41)62-24-9-4)28-38-20-14-18-36(46(38)60-22-7-2)26-40-30-43(52)29-39(25-35)47(40)61-23-8-3/h10-20,29-33H,6-9,21-28,52H2,1-5H3,(H4,53,54,55,56,57,58)/t33-/m0/s1. The number of ether oxygens (including phenoxy) is 4. The highest BCUT2D eigenvalue weighted by Gasteiger charge is 2.23. The summed E-state index contributed by atoms with van der Waals surface area (Å²) < 4.78 is 26.8. The van der Waals surface area contributed by atoms with Crippen LogP contribution in [0, 0.1) is 0 Å². The van der Waals surface area contributed by atoms with Gasteiger partial charge in [0, 0.05) is 59.3 Å². The van der Waals surface area contributed by atoms with E-state index < -0.39 is 0 Å². The first-order chi connectivity index (χ1) is 30.3. The molecule has 324 valence electrons. The Morgan fingerprint density at radius 3 is 1.34 bits per heavy atom. The van der Waals surface area contributed by atoms with Gasteiger partial charge in [-0.05, 0) is 84.7 Å². The minimum Gasteiger partial charge on any atom is -0.493 e. The van der Waals surface area contributed by atoms with Crippen LogP contribution in [-0.2, 0) is 25.7 Å². The van der Waals surface area contributed by atoms with E-state index in [4.69, 9.17) is 35.4 Å². The molecule has 0 unspecified atom stereocenters. The molecule has 5 aromatic carbocycles. The van der Waals surface area contributed by atoms with E-state index in [1.165, 1.54) is 0 Å². The van der Waals surface area contributed by atoms with Gasteiger partial charge >= 0.3 is 0 Å². The number of hydrogen-bond donors (Lipinski definition) is 4. The van der Waals surface area contributed by atoms with E-state index in [1.807, 2.05) is 30.3 Å². The zero-order valence-electron chi connectivity index (χ0n) is 36.9. The third-order valence-electron chi connectivity index (χ3n) is 10.7. The average molecular weight is 836 g/mol. The Morgan fingerprint density at radius 2 is 0.903 bits per heavy atom. The summed E-state index contributed by atoms with van der Waals surface area (Å²) in [6.07, 6.45) is 5.70. The van der Waals surface area contributed by atoms with E-state index >= 15 is 0 Å². The molecule has 0 fully saturated rings. The lowest BCUT2D eigenvalue weighted by molar-refractivity contribution is 0.304. The Morgan fingerprint density at radius 1 is 0.500 bits per heavy atom. The second kappa shape index (κ2) is 20.9. The van der Waals surface area contributed by atoms with Gasteiger partial charge in [-0.25, -0.2) is 0 Å². The maximum absolute atomic E-state index is 6.77. The highest BCUT2D eigenvalue weighted by atomic mass is 16.5. The van der Waals surface area contributed by atoms with Crippen LogP contribution < -0.4 is 41.0 Å². The molecule has 1 aliphatic carbocycles. The van der Waals surface area contributed by atoms with Crippen molar-refractivity contribution >= 4 is 29.2 Å². The second-order valence-corrected chi connectivity index (χ2v) is 15.9. The number of nitrogens with one attached hydrogen (secondary N) is 2. The fourth-order valence-electron chi connectivity index (χ4n) is 8.01. The normalized spacial score (nSPS) is 12.6. The van der Waals surface area contributed by atoms with Crippen molar-refractivity contribution in [1.29, 1.82) is 0 Å². The van der Waals surface area contributed by atoms with Gasteiger partial charge < -0.3 is 41.0 Å². The summed E-state index contributed by atoms with van der Waals surface area (Å²) >= 11 is 0. The first-order valence-corrected chi connectivity index (χ1v) is 22.2. The van der Waals surface area contributed by atoms with E-state index in [-0.39, 0.29) is 12.0 Å². The quantitative estimate of drug-likeness (QED) is 0.0649. The van der Waals surface area contributed by atoms with Crippen LogP contribution in [-0.4, -0.2) is 41.4 Å². The van der Waals surface area contributed by atoms with E-state index in [0.29, 0.717) is 69.7 Å². The summed E-state index contributed by atoms with van der Waals surface area (Å²) in [6, 6.07) is 31.3. The van der Waals surface area contributed by atoms with Gasteiger partial charge in [-0.15, -0.1) is 0 Å². The van der Waals surface area contributed by atoms with Crippen molar-refractivity contribution in [2.24, 2.45) is 0 Å². The number of anilines is 5.